The fourth-order valence-electron chi connectivity index (χ4n) is 4.96. The SMILES string of the molecule is CCCCc1ncc(C(C=O)(Cc2cccs2)C(=O)O)n1Cc1ccc2nc(-c3ccccc3)c(C(=O)O)n2c1. The largest absolute Gasteiger partial charge is 0.480 e. The molecule has 0 amide bonds. The molecule has 0 spiro atoms. The monoisotopic (exact) mass is 556 g/mol. The first-order valence-electron chi connectivity index (χ1n) is 12.9. The first-order chi connectivity index (χ1) is 19.4. The molecular formula is C30H28N4O5S. The van der Waals surface area contributed by atoms with Gasteiger partial charge >= 0.3 is 11.9 Å². The summed E-state index contributed by atoms with van der Waals surface area (Å²) in [7, 11) is 0. The number of pyridine rings is 1. The normalized spacial score (nSPS) is 12.8. The van der Waals surface area contributed by atoms with Crippen molar-refractivity contribution in [3.05, 3.63) is 100 Å². The van der Waals surface area contributed by atoms with Gasteiger partial charge in [-0.1, -0.05) is 55.8 Å². The Labute approximate surface area is 234 Å². The van der Waals surface area contributed by atoms with Gasteiger partial charge in [0, 0.05) is 29.5 Å². The van der Waals surface area contributed by atoms with Gasteiger partial charge in [0.1, 0.15) is 23.5 Å². The molecule has 5 aromatic rings. The molecular weight excluding hydrogens is 528 g/mol. The van der Waals surface area contributed by atoms with Crippen molar-refractivity contribution in [2.45, 2.75) is 44.6 Å². The molecule has 0 radical (unpaired) electrons. The highest BCUT2D eigenvalue weighted by atomic mass is 32.1. The maximum absolute atomic E-state index is 12.7. The molecule has 1 aromatic carbocycles. The van der Waals surface area contributed by atoms with Gasteiger partial charge < -0.3 is 19.6 Å². The average Bonchev–Trinajstić information content (AvgIpc) is 3.70. The topological polar surface area (TPSA) is 127 Å². The smallest absolute Gasteiger partial charge is 0.355 e. The van der Waals surface area contributed by atoms with E-state index in [1.54, 1.807) is 16.8 Å². The number of unbranched alkanes of at least 4 members (excludes halogenated alkanes) is 1. The first-order valence-corrected chi connectivity index (χ1v) is 13.8. The van der Waals surface area contributed by atoms with Crippen LogP contribution < -0.4 is 0 Å². The van der Waals surface area contributed by atoms with Crippen LogP contribution in [0.15, 0.2) is 72.4 Å². The number of aliphatic carboxylic acids is 1. The molecule has 1 atom stereocenters. The number of nitrogens with zero attached hydrogens (tertiary/aromatic N) is 4. The zero-order valence-corrected chi connectivity index (χ0v) is 22.7. The summed E-state index contributed by atoms with van der Waals surface area (Å²) in [6, 6.07) is 16.3. The van der Waals surface area contributed by atoms with E-state index in [1.807, 2.05) is 53.9 Å². The Kier molecular flexibility index (Phi) is 7.61. The number of aromatic carboxylic acids is 1. The fraction of sp³-hybridized carbons (Fsp3) is 0.233. The molecule has 9 nitrogen and oxygen atoms in total. The third-order valence-electron chi connectivity index (χ3n) is 7.04. The molecule has 0 saturated heterocycles. The third kappa shape index (κ3) is 4.93. The van der Waals surface area contributed by atoms with Crippen LogP contribution >= 0.6 is 11.3 Å². The van der Waals surface area contributed by atoms with Gasteiger partial charge in [0.05, 0.1) is 18.4 Å². The van der Waals surface area contributed by atoms with Gasteiger partial charge in [-0.3, -0.25) is 9.20 Å². The zero-order valence-electron chi connectivity index (χ0n) is 21.9. The molecule has 0 aliphatic rings. The number of aromatic nitrogens is 4. The maximum Gasteiger partial charge on any atom is 0.355 e. The van der Waals surface area contributed by atoms with Crippen LogP contribution in [0.3, 0.4) is 0 Å². The second-order valence-corrected chi connectivity index (χ2v) is 10.7. The number of aryl methyl sites for hydroxylation is 1. The molecule has 10 heteroatoms. The first kappa shape index (κ1) is 27.0. The van der Waals surface area contributed by atoms with Gasteiger partial charge in [-0.15, -0.1) is 11.3 Å². The quantitative estimate of drug-likeness (QED) is 0.161. The van der Waals surface area contributed by atoms with Crippen molar-refractivity contribution in [1.82, 2.24) is 18.9 Å². The summed E-state index contributed by atoms with van der Waals surface area (Å²) < 4.78 is 3.33. The number of aldehydes is 1. The van der Waals surface area contributed by atoms with Crippen molar-refractivity contribution in [2.75, 3.05) is 0 Å². The highest BCUT2D eigenvalue weighted by Crippen LogP contribution is 2.32. The number of carboxylic acid groups (broad SMARTS) is 2. The summed E-state index contributed by atoms with van der Waals surface area (Å²) in [6.07, 6.45) is 6.07. The number of hydrogen-bond acceptors (Lipinski definition) is 6. The molecule has 1 unspecified atom stereocenters. The predicted molar refractivity (Wildman–Crippen MR) is 151 cm³/mol. The second kappa shape index (κ2) is 11.3. The highest BCUT2D eigenvalue weighted by molar-refractivity contribution is 7.09. The van der Waals surface area contributed by atoms with Crippen molar-refractivity contribution >= 4 is 35.2 Å². The van der Waals surface area contributed by atoms with Crippen LogP contribution in [0.4, 0.5) is 0 Å². The lowest BCUT2D eigenvalue weighted by Crippen LogP contribution is -2.41. The fourth-order valence-corrected chi connectivity index (χ4v) is 5.76. The summed E-state index contributed by atoms with van der Waals surface area (Å²) in [6.45, 7) is 2.26. The Morgan fingerprint density at radius 2 is 1.88 bits per heavy atom. The van der Waals surface area contributed by atoms with E-state index in [4.69, 9.17) is 0 Å². The number of carboxylic acids is 2. The number of carbonyl (C=O) groups excluding carboxylic acids is 1. The Bertz CT molecular complexity index is 1670. The van der Waals surface area contributed by atoms with Crippen molar-refractivity contribution in [2.24, 2.45) is 0 Å². The van der Waals surface area contributed by atoms with Crippen LogP contribution in [0.2, 0.25) is 0 Å². The van der Waals surface area contributed by atoms with Crippen LogP contribution in [0.5, 0.6) is 0 Å². The van der Waals surface area contributed by atoms with Crippen molar-refractivity contribution in [1.29, 1.82) is 0 Å². The van der Waals surface area contributed by atoms with Crippen LogP contribution in [0.25, 0.3) is 16.9 Å². The average molecular weight is 557 g/mol. The lowest BCUT2D eigenvalue weighted by Gasteiger charge is -2.25. The van der Waals surface area contributed by atoms with Gasteiger partial charge in [-0.25, -0.2) is 14.8 Å². The van der Waals surface area contributed by atoms with E-state index in [9.17, 15) is 24.6 Å². The third-order valence-corrected chi connectivity index (χ3v) is 7.91. The van der Waals surface area contributed by atoms with E-state index in [-0.39, 0.29) is 18.7 Å². The summed E-state index contributed by atoms with van der Waals surface area (Å²) >= 11 is 1.40. The van der Waals surface area contributed by atoms with Crippen LogP contribution in [0, 0.1) is 0 Å². The minimum atomic E-state index is -1.83. The molecule has 4 heterocycles. The second-order valence-electron chi connectivity index (χ2n) is 9.65. The molecule has 40 heavy (non-hydrogen) atoms. The van der Waals surface area contributed by atoms with E-state index in [0.29, 0.717) is 46.7 Å². The molecule has 0 saturated carbocycles. The minimum absolute atomic E-state index is 0.00651. The number of carbonyl (C=O) groups is 3. The Morgan fingerprint density at radius 1 is 1.07 bits per heavy atom. The summed E-state index contributed by atoms with van der Waals surface area (Å²) in [5.74, 6) is -1.69. The van der Waals surface area contributed by atoms with Crippen LogP contribution in [-0.4, -0.2) is 47.4 Å². The summed E-state index contributed by atoms with van der Waals surface area (Å²) in [5, 5.41) is 22.3. The van der Waals surface area contributed by atoms with Gasteiger partial charge in [-0.2, -0.15) is 0 Å². The van der Waals surface area contributed by atoms with E-state index in [2.05, 4.69) is 16.9 Å². The highest BCUT2D eigenvalue weighted by Gasteiger charge is 2.44. The number of fused-ring (bicyclic) bond motifs is 1. The standard InChI is InChI=1S/C30H28N4O5S/c1-2-3-11-24-31-16-23(30(19-35,29(38)39)15-22-10-7-14-40-22)33(24)17-20-12-13-25-32-26(21-8-5-4-6-9-21)27(28(36)37)34(25)18-20/h4-10,12-14,16,18-19H,2-3,11,15,17H2,1H3,(H,36,37)(H,38,39). The summed E-state index contributed by atoms with van der Waals surface area (Å²) in [5.41, 5.74) is 0.740. The molecule has 4 aromatic heterocycles. The maximum atomic E-state index is 12.7. The van der Waals surface area contributed by atoms with Gasteiger partial charge in [0.25, 0.3) is 0 Å². The minimum Gasteiger partial charge on any atom is -0.480 e. The number of thiophene rings is 1. The number of benzene rings is 1. The van der Waals surface area contributed by atoms with E-state index in [1.165, 1.54) is 21.9 Å². The lowest BCUT2D eigenvalue weighted by atomic mass is 9.82. The van der Waals surface area contributed by atoms with Gasteiger partial charge in [0.2, 0.25) is 0 Å². The van der Waals surface area contributed by atoms with Crippen molar-refractivity contribution in [3.8, 4) is 11.3 Å². The molecule has 2 N–H and O–H groups in total. The molecule has 204 valence electrons. The zero-order chi connectivity index (χ0) is 28.3. The molecule has 0 aliphatic heterocycles. The molecule has 0 bridgehead atoms. The van der Waals surface area contributed by atoms with E-state index >= 15 is 0 Å². The van der Waals surface area contributed by atoms with Gasteiger partial charge in [-0.05, 0) is 29.5 Å². The molecule has 0 aliphatic carbocycles. The van der Waals surface area contributed by atoms with E-state index < -0.39 is 17.4 Å². The number of hydrogen-bond donors (Lipinski definition) is 2. The van der Waals surface area contributed by atoms with Crippen molar-refractivity contribution in [3.63, 3.8) is 0 Å². The van der Waals surface area contributed by atoms with Crippen LogP contribution in [0.1, 0.15) is 52.2 Å². The summed E-state index contributed by atoms with van der Waals surface area (Å²) in [4.78, 5) is 47.5. The Balaban J connectivity index is 1.63. The lowest BCUT2D eigenvalue weighted by molar-refractivity contribution is -0.146. The van der Waals surface area contributed by atoms with Crippen LogP contribution in [-0.2, 0) is 34.4 Å². The number of imidazole rings is 2. The predicted octanol–water partition coefficient (Wildman–Crippen LogP) is 5.11. The Morgan fingerprint density at radius 3 is 2.52 bits per heavy atom. The Hall–Kier alpha value is -4.57. The van der Waals surface area contributed by atoms with E-state index in [0.717, 1.165) is 17.7 Å². The molecule has 0 fully saturated rings. The van der Waals surface area contributed by atoms with Gasteiger partial charge in [0.15, 0.2) is 11.1 Å². The molecule has 5 rings (SSSR count). The van der Waals surface area contributed by atoms with Crippen molar-refractivity contribution < 1.29 is 24.6 Å². The number of rotatable bonds is 12.